The lowest BCUT2D eigenvalue weighted by Gasteiger charge is -2.36. The van der Waals surface area contributed by atoms with E-state index in [1.807, 2.05) is 13.8 Å². The van der Waals surface area contributed by atoms with E-state index in [4.69, 9.17) is 9.47 Å². The van der Waals surface area contributed by atoms with Crippen LogP contribution in [0.3, 0.4) is 0 Å². The molecule has 1 aromatic carbocycles. The third-order valence-corrected chi connectivity index (χ3v) is 6.02. The molecule has 180 valence electrons. The highest BCUT2D eigenvalue weighted by atomic mass is 16.8. The number of ether oxygens (including phenoxy) is 2. The molecule has 1 aliphatic rings. The Hall–Kier alpha value is -3.30. The number of aromatic hydroxyl groups is 1. The number of fused-ring (bicyclic) bond motifs is 1. The Morgan fingerprint density at radius 1 is 1.21 bits per heavy atom. The minimum Gasteiger partial charge on any atom is -0.507 e. The quantitative estimate of drug-likeness (QED) is 0.523. The molecule has 1 aromatic heterocycles. The number of phenolic OH excluding ortho intramolecular Hbond substituents is 1. The van der Waals surface area contributed by atoms with Gasteiger partial charge in [-0.1, -0.05) is 0 Å². The van der Waals surface area contributed by atoms with E-state index in [2.05, 4.69) is 15.1 Å². The average Bonchev–Trinajstić information content (AvgIpc) is 3.05. The van der Waals surface area contributed by atoms with Crippen molar-refractivity contribution >= 4 is 11.9 Å². The molecule has 2 unspecified atom stereocenters. The van der Waals surface area contributed by atoms with Gasteiger partial charge in [0.2, 0.25) is 5.60 Å². The molecule has 0 bridgehead atoms. The normalized spacial score (nSPS) is 18.8. The van der Waals surface area contributed by atoms with E-state index in [-0.39, 0.29) is 28.5 Å². The van der Waals surface area contributed by atoms with Gasteiger partial charge in [0.15, 0.2) is 5.69 Å². The zero-order chi connectivity index (χ0) is 24.9. The van der Waals surface area contributed by atoms with Crippen LogP contribution in [0.5, 0.6) is 11.5 Å². The molecule has 0 radical (unpaired) electrons. The van der Waals surface area contributed by atoms with Crippen molar-refractivity contribution in [2.75, 3.05) is 0 Å². The number of nitrogens with zero attached hydrogens (tertiary/aromatic N) is 2. The van der Waals surface area contributed by atoms with Gasteiger partial charge < -0.3 is 25.1 Å². The zero-order valence-corrected chi connectivity index (χ0v) is 20.3. The minimum atomic E-state index is -1.50. The van der Waals surface area contributed by atoms with Gasteiger partial charge in [-0.15, -0.1) is 0 Å². The standard InChI is InChI=1S/C23H31N3O7/c1-11-12(2)18-15(13(3)17(11)27)9-10-23(8,32-18)21(29)31-19(20(28)24-22(5,6)7)16-14(4)26(30)33-25-16/h19,27H,9-10H2,1-8H3,(H,24,28). The number of amides is 1. The topological polar surface area (TPSA) is 138 Å². The van der Waals surface area contributed by atoms with Crippen molar-refractivity contribution in [1.29, 1.82) is 0 Å². The maximum absolute atomic E-state index is 13.3. The molecule has 1 amide bonds. The van der Waals surface area contributed by atoms with Crippen molar-refractivity contribution in [1.82, 2.24) is 10.5 Å². The fraction of sp³-hybridized carbons (Fsp3) is 0.565. The third kappa shape index (κ3) is 4.46. The van der Waals surface area contributed by atoms with Crippen molar-refractivity contribution in [3.05, 3.63) is 38.8 Å². The van der Waals surface area contributed by atoms with Crippen LogP contribution in [-0.4, -0.2) is 33.3 Å². The fourth-order valence-electron chi connectivity index (χ4n) is 3.83. The number of esters is 1. The second kappa shape index (κ2) is 8.24. The molecule has 33 heavy (non-hydrogen) atoms. The number of carbonyl (C=O) groups is 2. The Morgan fingerprint density at radius 2 is 1.85 bits per heavy atom. The van der Waals surface area contributed by atoms with Crippen molar-refractivity contribution in [3.63, 3.8) is 0 Å². The summed E-state index contributed by atoms with van der Waals surface area (Å²) in [6.07, 6.45) is -0.750. The summed E-state index contributed by atoms with van der Waals surface area (Å²) in [6, 6.07) is 0. The fourth-order valence-corrected chi connectivity index (χ4v) is 3.83. The number of rotatable bonds is 4. The van der Waals surface area contributed by atoms with Crippen LogP contribution in [0.25, 0.3) is 0 Å². The molecule has 2 N–H and O–H groups in total. The van der Waals surface area contributed by atoms with Crippen LogP contribution in [0.2, 0.25) is 0 Å². The number of hydrogen-bond donors (Lipinski definition) is 2. The van der Waals surface area contributed by atoms with Gasteiger partial charge in [-0.2, -0.15) is 0 Å². The van der Waals surface area contributed by atoms with E-state index >= 15 is 0 Å². The molecule has 0 saturated carbocycles. The number of nitrogens with one attached hydrogen (secondary N) is 1. The number of hydrogen-bond acceptors (Lipinski definition) is 8. The molecule has 10 heteroatoms. The van der Waals surface area contributed by atoms with E-state index < -0.39 is 29.1 Å². The minimum absolute atomic E-state index is 0.00879. The summed E-state index contributed by atoms with van der Waals surface area (Å²) in [7, 11) is 0. The number of aromatic nitrogens is 2. The highest BCUT2D eigenvalue weighted by molar-refractivity contribution is 5.87. The van der Waals surface area contributed by atoms with Crippen LogP contribution in [0.4, 0.5) is 0 Å². The SMILES string of the molecule is Cc1c(C)c2c(c(C)c1O)CCC(C)(C(=O)OC(C(=O)NC(C)(C)C)c1no[n+]([O-])c1C)O2. The summed E-state index contributed by atoms with van der Waals surface area (Å²) >= 11 is 0. The second-order valence-electron chi connectivity index (χ2n) is 9.79. The summed E-state index contributed by atoms with van der Waals surface area (Å²) in [5.41, 5.74) is 0.858. The predicted octanol–water partition coefficient (Wildman–Crippen LogP) is 2.53. The van der Waals surface area contributed by atoms with Gasteiger partial charge in [0.25, 0.3) is 17.7 Å². The van der Waals surface area contributed by atoms with Crippen LogP contribution in [-0.2, 0) is 20.7 Å². The number of benzene rings is 1. The molecule has 2 aromatic rings. The van der Waals surface area contributed by atoms with Crippen molar-refractivity contribution in [2.24, 2.45) is 0 Å². The van der Waals surface area contributed by atoms with E-state index in [1.165, 1.54) is 6.92 Å². The van der Waals surface area contributed by atoms with Gasteiger partial charge >= 0.3 is 5.97 Å². The molecule has 3 rings (SSSR count). The zero-order valence-electron chi connectivity index (χ0n) is 20.3. The summed E-state index contributed by atoms with van der Waals surface area (Å²) in [5.74, 6) is -0.670. The van der Waals surface area contributed by atoms with Gasteiger partial charge in [-0.05, 0) is 76.5 Å². The summed E-state index contributed by atoms with van der Waals surface area (Å²) in [5, 5.41) is 28.5. The summed E-state index contributed by atoms with van der Waals surface area (Å²) < 4.78 is 16.4. The number of phenols is 1. The molecule has 0 fully saturated rings. The number of carbonyl (C=O) groups excluding carboxylic acids is 2. The first-order valence-electron chi connectivity index (χ1n) is 10.8. The smallest absolute Gasteiger partial charge is 0.351 e. The molecular formula is C23H31N3O7. The van der Waals surface area contributed by atoms with Crippen molar-refractivity contribution in [3.8, 4) is 11.5 Å². The lowest BCUT2D eigenvalue weighted by molar-refractivity contribution is -0.807. The van der Waals surface area contributed by atoms with Crippen LogP contribution in [0.1, 0.15) is 73.9 Å². The van der Waals surface area contributed by atoms with Crippen LogP contribution < -0.4 is 15.0 Å². The van der Waals surface area contributed by atoms with Crippen molar-refractivity contribution in [2.45, 2.75) is 85.5 Å². The second-order valence-corrected chi connectivity index (χ2v) is 9.79. The van der Waals surface area contributed by atoms with Gasteiger partial charge in [0.05, 0.1) is 0 Å². The van der Waals surface area contributed by atoms with Crippen molar-refractivity contribution < 1.29 is 33.7 Å². The monoisotopic (exact) mass is 461 g/mol. The molecule has 2 atom stereocenters. The lowest BCUT2D eigenvalue weighted by Crippen LogP contribution is -2.49. The van der Waals surface area contributed by atoms with Gasteiger partial charge in [-0.3, -0.25) is 9.42 Å². The Kier molecular flexibility index (Phi) is 6.08. The Bertz CT molecular complexity index is 1120. The van der Waals surface area contributed by atoms with E-state index in [0.29, 0.717) is 23.3 Å². The molecule has 2 heterocycles. The average molecular weight is 462 g/mol. The molecular weight excluding hydrogens is 430 g/mol. The lowest BCUT2D eigenvalue weighted by atomic mass is 9.87. The Balaban J connectivity index is 1.94. The van der Waals surface area contributed by atoms with E-state index in [9.17, 15) is 19.9 Å². The first kappa shape index (κ1) is 24.3. The first-order chi connectivity index (χ1) is 15.2. The Morgan fingerprint density at radius 3 is 2.39 bits per heavy atom. The maximum Gasteiger partial charge on any atom is 0.351 e. The third-order valence-electron chi connectivity index (χ3n) is 6.02. The van der Waals surface area contributed by atoms with Gasteiger partial charge in [0.1, 0.15) is 11.5 Å². The van der Waals surface area contributed by atoms with Crippen LogP contribution in [0.15, 0.2) is 4.63 Å². The largest absolute Gasteiger partial charge is 0.507 e. The molecule has 0 saturated heterocycles. The molecule has 0 aliphatic carbocycles. The van der Waals surface area contributed by atoms with Crippen LogP contribution >= 0.6 is 0 Å². The molecule has 10 nitrogen and oxygen atoms in total. The first-order valence-corrected chi connectivity index (χ1v) is 10.8. The van der Waals surface area contributed by atoms with Gasteiger partial charge in [-0.25, -0.2) is 4.79 Å². The Labute approximate surface area is 192 Å². The van der Waals surface area contributed by atoms with Crippen LogP contribution in [0, 0.1) is 32.9 Å². The highest BCUT2D eigenvalue weighted by Crippen LogP contribution is 2.43. The van der Waals surface area contributed by atoms with E-state index in [0.717, 1.165) is 11.1 Å². The summed E-state index contributed by atoms with van der Waals surface area (Å²) in [4.78, 5) is 26.5. The highest BCUT2D eigenvalue weighted by Gasteiger charge is 2.46. The predicted molar refractivity (Wildman–Crippen MR) is 117 cm³/mol. The molecule has 0 spiro atoms. The van der Waals surface area contributed by atoms with E-state index in [1.54, 1.807) is 34.6 Å². The van der Waals surface area contributed by atoms with Gasteiger partial charge in [0, 0.05) is 29.6 Å². The molecule has 1 aliphatic heterocycles. The maximum atomic E-state index is 13.3. The summed E-state index contributed by atoms with van der Waals surface area (Å²) in [6.45, 7) is 13.7.